The number of hydrogen-bond donors (Lipinski definition) is 4. The van der Waals surface area contributed by atoms with E-state index in [0.717, 1.165) is 29.4 Å². The zero-order valence-electron chi connectivity index (χ0n) is 25.0. The summed E-state index contributed by atoms with van der Waals surface area (Å²) in [5.74, 6) is -1.91. The number of aromatic nitrogens is 2. The summed E-state index contributed by atoms with van der Waals surface area (Å²) in [6.07, 6.45) is 1.86. The van der Waals surface area contributed by atoms with Gasteiger partial charge < -0.3 is 35.5 Å². The number of amides is 2. The van der Waals surface area contributed by atoms with Crippen LogP contribution in [0.3, 0.4) is 0 Å². The largest absolute Gasteiger partial charge is 0.458 e. The maximum absolute atomic E-state index is 15.2. The van der Waals surface area contributed by atoms with Crippen molar-refractivity contribution in [3.8, 4) is 11.4 Å². The molecule has 3 atom stereocenters. The van der Waals surface area contributed by atoms with Gasteiger partial charge in [0.25, 0.3) is 5.56 Å². The minimum Gasteiger partial charge on any atom is -0.458 e. The zero-order chi connectivity index (χ0) is 31.8. The Morgan fingerprint density at radius 3 is 2.73 bits per heavy atom. The molecule has 0 radical (unpaired) electrons. The van der Waals surface area contributed by atoms with Crippen LogP contribution in [0.2, 0.25) is 0 Å². The van der Waals surface area contributed by atoms with Crippen molar-refractivity contribution in [3.05, 3.63) is 61.7 Å². The molecule has 0 saturated heterocycles. The molecule has 2 amide bonds. The molecule has 2 aliphatic carbocycles. The number of pyridine rings is 2. The fraction of sp³-hybridized carbons (Fsp3) is 0.469. The van der Waals surface area contributed by atoms with E-state index in [-0.39, 0.29) is 55.8 Å². The standard InChI is InChI=1S/C32H34FN5O7/c1-3-32(43)19-8-23-27-17(11-38(23)30(41)18(19)12-44-31(32)42)26-21(7-6-16-14(2)20(33)9-22(36-27)25(16)26)37-29(40)28(15-4-5-15)45-13-35-24(39)10-34/h8-9,15,21,28,43H,3-7,10-13,34H2,1-2H3,(H,35,39)(H,37,40)/t21-,28-,32-/m0/s1. The van der Waals surface area contributed by atoms with E-state index >= 15 is 4.39 Å². The fourth-order valence-corrected chi connectivity index (χ4v) is 7.06. The number of fused-ring (bicyclic) bond motifs is 5. The molecule has 1 fully saturated rings. The molecule has 2 aromatic heterocycles. The van der Waals surface area contributed by atoms with E-state index in [2.05, 4.69) is 10.6 Å². The lowest BCUT2D eigenvalue weighted by molar-refractivity contribution is -0.172. The highest BCUT2D eigenvalue weighted by Crippen LogP contribution is 2.46. The average Bonchev–Trinajstić information content (AvgIpc) is 3.80. The molecule has 0 spiro atoms. The zero-order valence-corrected chi connectivity index (χ0v) is 25.0. The second kappa shape index (κ2) is 10.7. The third-order valence-electron chi connectivity index (χ3n) is 9.72. The predicted molar refractivity (Wildman–Crippen MR) is 158 cm³/mol. The first-order valence-electron chi connectivity index (χ1n) is 15.3. The Kier molecular flexibility index (Phi) is 7.02. The number of aryl methyl sites for hydroxylation is 1. The van der Waals surface area contributed by atoms with E-state index in [1.807, 2.05) is 0 Å². The summed E-state index contributed by atoms with van der Waals surface area (Å²) in [5.41, 5.74) is 7.38. The minimum atomic E-state index is -1.98. The van der Waals surface area contributed by atoms with E-state index in [0.29, 0.717) is 40.9 Å². The molecule has 5 N–H and O–H groups in total. The summed E-state index contributed by atoms with van der Waals surface area (Å²) in [5, 5.41) is 17.7. The SMILES string of the molecule is CC[C@@]1(O)C(=O)OCc2c1cc1n(c2=O)Cc2c-1nc1cc(F)c(C)c3c1c2[C@@H](NC(=O)[C@@H](OCNC(=O)CN)C1CC1)CC3. The van der Waals surface area contributed by atoms with Gasteiger partial charge in [-0.15, -0.1) is 0 Å². The molecular weight excluding hydrogens is 585 g/mol. The maximum atomic E-state index is 15.2. The molecule has 7 rings (SSSR count). The molecular formula is C32H34FN5O7. The van der Waals surface area contributed by atoms with Crippen molar-refractivity contribution in [2.45, 2.75) is 76.9 Å². The highest BCUT2D eigenvalue weighted by Gasteiger charge is 2.46. The van der Waals surface area contributed by atoms with Crippen molar-refractivity contribution < 1.29 is 33.4 Å². The second-order valence-electron chi connectivity index (χ2n) is 12.3. The molecule has 45 heavy (non-hydrogen) atoms. The Balaban J connectivity index is 1.34. The summed E-state index contributed by atoms with van der Waals surface area (Å²) in [7, 11) is 0. The van der Waals surface area contributed by atoms with Crippen molar-refractivity contribution in [2.24, 2.45) is 11.7 Å². The number of nitrogens with two attached hydrogens (primary N) is 1. The Morgan fingerprint density at radius 1 is 1.24 bits per heavy atom. The van der Waals surface area contributed by atoms with Crippen LogP contribution < -0.4 is 21.9 Å². The third-order valence-corrected chi connectivity index (χ3v) is 9.72. The highest BCUT2D eigenvalue weighted by atomic mass is 19.1. The summed E-state index contributed by atoms with van der Waals surface area (Å²) in [6.45, 7) is 2.91. The van der Waals surface area contributed by atoms with Crippen molar-refractivity contribution in [1.82, 2.24) is 20.2 Å². The van der Waals surface area contributed by atoms with Crippen molar-refractivity contribution in [3.63, 3.8) is 0 Å². The van der Waals surface area contributed by atoms with E-state index in [1.165, 1.54) is 10.6 Å². The van der Waals surface area contributed by atoms with E-state index < -0.39 is 41.0 Å². The Labute approximate surface area is 257 Å². The van der Waals surface area contributed by atoms with Gasteiger partial charge in [0.2, 0.25) is 11.8 Å². The van der Waals surface area contributed by atoms with Crippen LogP contribution in [0.25, 0.3) is 22.3 Å². The Bertz CT molecular complexity index is 1870. The number of cyclic esters (lactones) is 1. The third kappa shape index (κ3) is 4.55. The second-order valence-corrected chi connectivity index (χ2v) is 12.3. The smallest absolute Gasteiger partial charge is 0.343 e. The van der Waals surface area contributed by atoms with Crippen LogP contribution in [0.15, 0.2) is 16.9 Å². The highest BCUT2D eigenvalue weighted by molar-refractivity contribution is 5.94. The van der Waals surface area contributed by atoms with Crippen LogP contribution in [0.4, 0.5) is 4.39 Å². The van der Waals surface area contributed by atoms with Crippen molar-refractivity contribution >= 4 is 28.7 Å². The van der Waals surface area contributed by atoms with E-state index in [1.54, 1.807) is 19.9 Å². The topological polar surface area (TPSA) is 175 Å². The first-order valence-corrected chi connectivity index (χ1v) is 15.3. The number of carbonyl (C=O) groups is 3. The summed E-state index contributed by atoms with van der Waals surface area (Å²) in [4.78, 5) is 56.6. The molecule has 1 saturated carbocycles. The van der Waals surface area contributed by atoms with Crippen molar-refractivity contribution in [1.29, 1.82) is 0 Å². The number of carbonyl (C=O) groups excluding carboxylic acids is 3. The Hall–Kier alpha value is -4.20. The van der Waals surface area contributed by atoms with Gasteiger partial charge in [0, 0.05) is 22.6 Å². The summed E-state index contributed by atoms with van der Waals surface area (Å²) >= 11 is 0. The number of halogens is 1. The van der Waals surface area contributed by atoms with Gasteiger partial charge >= 0.3 is 5.97 Å². The predicted octanol–water partition coefficient (Wildman–Crippen LogP) is 1.46. The summed E-state index contributed by atoms with van der Waals surface area (Å²) < 4.78 is 27.7. The molecule has 4 aliphatic rings. The molecule has 0 bridgehead atoms. The molecule has 0 unspecified atom stereocenters. The maximum Gasteiger partial charge on any atom is 0.343 e. The number of nitrogens with one attached hydrogen (secondary N) is 2. The molecule has 4 heterocycles. The van der Waals surface area contributed by atoms with Crippen LogP contribution in [-0.2, 0) is 49.0 Å². The quantitative estimate of drug-likeness (QED) is 0.168. The number of ether oxygens (including phenoxy) is 2. The first kappa shape index (κ1) is 29.5. The molecule has 1 aromatic carbocycles. The van der Waals surface area contributed by atoms with Gasteiger partial charge in [0.1, 0.15) is 25.3 Å². The number of nitrogens with zero attached hydrogens (tertiary/aromatic N) is 2. The molecule has 236 valence electrons. The number of hydrogen-bond acceptors (Lipinski definition) is 9. The summed E-state index contributed by atoms with van der Waals surface area (Å²) in [6, 6.07) is 2.50. The monoisotopic (exact) mass is 619 g/mol. The van der Waals surface area contributed by atoms with Gasteiger partial charge in [-0.3, -0.25) is 14.4 Å². The van der Waals surface area contributed by atoms with Crippen LogP contribution in [-0.4, -0.2) is 51.8 Å². The molecule has 3 aromatic rings. The number of benzene rings is 1. The lowest BCUT2D eigenvalue weighted by Gasteiger charge is -2.31. The van der Waals surface area contributed by atoms with Gasteiger partial charge in [-0.25, -0.2) is 14.2 Å². The fourth-order valence-electron chi connectivity index (χ4n) is 7.06. The molecule has 2 aliphatic heterocycles. The van der Waals surface area contributed by atoms with Crippen LogP contribution >= 0.6 is 0 Å². The average molecular weight is 620 g/mol. The van der Waals surface area contributed by atoms with Crippen LogP contribution in [0.1, 0.15) is 72.0 Å². The van der Waals surface area contributed by atoms with Crippen LogP contribution in [0.5, 0.6) is 0 Å². The van der Waals surface area contributed by atoms with Crippen molar-refractivity contribution in [2.75, 3.05) is 13.3 Å². The molecule has 12 nitrogen and oxygen atoms in total. The van der Waals surface area contributed by atoms with Crippen LogP contribution in [0, 0.1) is 18.7 Å². The van der Waals surface area contributed by atoms with Gasteiger partial charge in [-0.1, -0.05) is 6.92 Å². The van der Waals surface area contributed by atoms with E-state index in [4.69, 9.17) is 20.2 Å². The van der Waals surface area contributed by atoms with Gasteiger partial charge in [0.05, 0.1) is 41.6 Å². The Morgan fingerprint density at radius 2 is 2.02 bits per heavy atom. The minimum absolute atomic E-state index is 0.00701. The van der Waals surface area contributed by atoms with E-state index in [9.17, 15) is 24.3 Å². The van der Waals surface area contributed by atoms with Gasteiger partial charge in [0.15, 0.2) is 5.60 Å². The lowest BCUT2D eigenvalue weighted by Crippen LogP contribution is -2.44. The molecule has 13 heteroatoms. The first-order chi connectivity index (χ1) is 21.6. The van der Waals surface area contributed by atoms with Gasteiger partial charge in [-0.2, -0.15) is 0 Å². The lowest BCUT2D eigenvalue weighted by atomic mass is 9.81. The number of esters is 1. The van der Waals surface area contributed by atoms with Gasteiger partial charge in [-0.05, 0) is 67.7 Å². The number of rotatable bonds is 8. The normalized spacial score (nSPS) is 21.9. The number of aliphatic hydroxyl groups is 1.